The number of benzene rings is 1. The number of H-pyrrole nitrogens is 2. The van der Waals surface area contributed by atoms with E-state index in [0.29, 0.717) is 12.2 Å². The minimum absolute atomic E-state index is 0.693. The number of aromatic amines is 2. The molecule has 5 aromatic rings. The zero-order chi connectivity index (χ0) is 16.6. The number of fused-ring (bicyclic) bond motifs is 1. The maximum Gasteiger partial charge on any atom is 0.154 e. The molecule has 4 aromatic heterocycles. The maximum absolute atomic E-state index is 5.56. The lowest BCUT2D eigenvalue weighted by Crippen LogP contribution is -1.89. The Hall–Kier alpha value is -3.47. The second kappa shape index (κ2) is 5.56. The molecule has 1 aromatic carbocycles. The second-order valence-corrected chi connectivity index (χ2v) is 5.90. The van der Waals surface area contributed by atoms with E-state index >= 15 is 0 Å². The van der Waals surface area contributed by atoms with E-state index < -0.39 is 0 Å². The number of hydrogen-bond donors (Lipinski definition) is 2. The average Bonchev–Trinajstić information content (AvgIpc) is 3.42. The molecule has 5 heteroatoms. The van der Waals surface area contributed by atoms with Crippen molar-refractivity contribution >= 4 is 10.9 Å². The van der Waals surface area contributed by atoms with Crippen LogP contribution in [-0.4, -0.2) is 15.0 Å². The number of imidazole rings is 1. The number of para-hydroxylation sites is 1. The lowest BCUT2D eigenvalue weighted by atomic mass is 10.1. The molecule has 2 N–H and O–H groups in total. The first-order valence-corrected chi connectivity index (χ1v) is 8.10. The van der Waals surface area contributed by atoms with Crippen molar-refractivity contribution in [3.05, 3.63) is 78.6 Å². The largest absolute Gasteiger partial charge is 0.463 e. The van der Waals surface area contributed by atoms with Gasteiger partial charge in [0.05, 0.1) is 12.5 Å². The van der Waals surface area contributed by atoms with Gasteiger partial charge in [0.25, 0.3) is 0 Å². The van der Waals surface area contributed by atoms with E-state index in [1.807, 2.05) is 42.6 Å². The van der Waals surface area contributed by atoms with Crippen LogP contribution in [0.2, 0.25) is 0 Å². The third-order valence-electron chi connectivity index (χ3n) is 4.31. The van der Waals surface area contributed by atoms with Crippen molar-refractivity contribution in [3.8, 4) is 22.9 Å². The molecule has 0 radical (unpaired) electrons. The summed E-state index contributed by atoms with van der Waals surface area (Å²) in [5, 5.41) is 1.21. The molecule has 0 spiro atoms. The van der Waals surface area contributed by atoms with E-state index in [9.17, 15) is 0 Å². The Bertz CT molecular complexity index is 1060. The Labute approximate surface area is 143 Å². The SMILES string of the molecule is c1coc(-c2nc(Cc3c[nH]c4ccccc34)[nH]c2-c2ccco2)c1. The summed E-state index contributed by atoms with van der Waals surface area (Å²) >= 11 is 0. The third kappa shape index (κ3) is 2.37. The fraction of sp³-hybridized carbons (Fsp3) is 0.0500. The highest BCUT2D eigenvalue weighted by Gasteiger charge is 2.18. The van der Waals surface area contributed by atoms with Crippen LogP contribution < -0.4 is 0 Å². The first-order valence-electron chi connectivity index (χ1n) is 8.10. The maximum atomic E-state index is 5.56. The molecule has 0 aliphatic heterocycles. The number of furan rings is 2. The van der Waals surface area contributed by atoms with Gasteiger partial charge in [0.2, 0.25) is 0 Å². The van der Waals surface area contributed by atoms with Crippen molar-refractivity contribution in [3.63, 3.8) is 0 Å². The molecule has 5 nitrogen and oxygen atoms in total. The first-order chi connectivity index (χ1) is 12.4. The minimum Gasteiger partial charge on any atom is -0.463 e. The minimum atomic E-state index is 0.693. The fourth-order valence-corrected chi connectivity index (χ4v) is 3.15. The first kappa shape index (κ1) is 13.9. The highest BCUT2D eigenvalue weighted by Crippen LogP contribution is 2.31. The Morgan fingerprint density at radius 3 is 2.48 bits per heavy atom. The quantitative estimate of drug-likeness (QED) is 0.487. The molecular formula is C20H15N3O2. The van der Waals surface area contributed by atoms with E-state index in [2.05, 4.69) is 22.1 Å². The summed E-state index contributed by atoms with van der Waals surface area (Å²) in [5.41, 5.74) is 3.91. The van der Waals surface area contributed by atoms with Crippen LogP contribution in [0.5, 0.6) is 0 Å². The number of hydrogen-bond acceptors (Lipinski definition) is 3. The van der Waals surface area contributed by atoms with Crippen molar-refractivity contribution in [2.24, 2.45) is 0 Å². The van der Waals surface area contributed by atoms with Gasteiger partial charge < -0.3 is 18.8 Å². The zero-order valence-electron chi connectivity index (χ0n) is 13.3. The van der Waals surface area contributed by atoms with Gasteiger partial charge in [0.15, 0.2) is 11.5 Å². The van der Waals surface area contributed by atoms with E-state index in [0.717, 1.165) is 28.5 Å². The van der Waals surface area contributed by atoms with E-state index in [1.165, 1.54) is 10.9 Å². The highest BCUT2D eigenvalue weighted by atomic mass is 16.3. The van der Waals surface area contributed by atoms with Crippen LogP contribution in [0.3, 0.4) is 0 Å². The number of rotatable bonds is 4. The average molecular weight is 329 g/mol. The van der Waals surface area contributed by atoms with Gasteiger partial charge in [0, 0.05) is 23.5 Å². The molecule has 0 amide bonds. The topological polar surface area (TPSA) is 70.8 Å². The number of aromatic nitrogens is 3. The third-order valence-corrected chi connectivity index (χ3v) is 4.31. The number of nitrogens with one attached hydrogen (secondary N) is 2. The van der Waals surface area contributed by atoms with E-state index in [4.69, 9.17) is 13.8 Å². The summed E-state index contributed by atoms with van der Waals surface area (Å²) in [6.07, 6.45) is 6.03. The summed E-state index contributed by atoms with van der Waals surface area (Å²) < 4.78 is 11.1. The van der Waals surface area contributed by atoms with Crippen molar-refractivity contribution in [2.75, 3.05) is 0 Å². The predicted octanol–water partition coefficient (Wildman–Crippen LogP) is 5.00. The van der Waals surface area contributed by atoms with Gasteiger partial charge in [-0.1, -0.05) is 18.2 Å². The summed E-state index contributed by atoms with van der Waals surface area (Å²) in [7, 11) is 0. The standard InChI is InChI=1S/C20H15N3O2/c1-2-6-15-14(5-1)13(12-21-15)11-18-22-19(16-7-3-9-24-16)20(23-18)17-8-4-10-25-17/h1-10,12,21H,11H2,(H,22,23). The molecule has 5 rings (SSSR count). The van der Waals surface area contributed by atoms with Crippen molar-refractivity contribution < 1.29 is 8.83 Å². The van der Waals surface area contributed by atoms with E-state index in [-0.39, 0.29) is 0 Å². The second-order valence-electron chi connectivity index (χ2n) is 5.90. The van der Waals surface area contributed by atoms with Gasteiger partial charge in [-0.3, -0.25) is 0 Å². The Morgan fingerprint density at radius 1 is 0.880 bits per heavy atom. The summed E-state index contributed by atoms with van der Waals surface area (Å²) in [6.45, 7) is 0. The van der Waals surface area contributed by atoms with Crippen molar-refractivity contribution in [1.82, 2.24) is 15.0 Å². The fourth-order valence-electron chi connectivity index (χ4n) is 3.15. The summed E-state index contributed by atoms with van der Waals surface area (Å²) in [4.78, 5) is 11.5. The summed E-state index contributed by atoms with van der Waals surface area (Å²) in [5.74, 6) is 2.32. The Balaban J connectivity index is 1.59. The van der Waals surface area contributed by atoms with Gasteiger partial charge >= 0.3 is 0 Å². The highest BCUT2D eigenvalue weighted by molar-refractivity contribution is 5.83. The van der Waals surface area contributed by atoms with Gasteiger partial charge in [-0.15, -0.1) is 0 Å². The normalized spacial score (nSPS) is 11.4. The van der Waals surface area contributed by atoms with Crippen LogP contribution in [0, 0.1) is 0 Å². The van der Waals surface area contributed by atoms with Crippen LogP contribution >= 0.6 is 0 Å². The molecule has 0 aliphatic carbocycles. The lowest BCUT2D eigenvalue weighted by molar-refractivity contribution is 0.573. The smallest absolute Gasteiger partial charge is 0.154 e. The zero-order valence-corrected chi connectivity index (χ0v) is 13.3. The van der Waals surface area contributed by atoms with Crippen LogP contribution in [0.4, 0.5) is 0 Å². The number of nitrogens with zero attached hydrogens (tertiary/aromatic N) is 1. The molecule has 122 valence electrons. The molecule has 25 heavy (non-hydrogen) atoms. The van der Waals surface area contributed by atoms with Gasteiger partial charge in [0.1, 0.15) is 17.2 Å². The molecule has 0 saturated heterocycles. The molecule has 0 unspecified atom stereocenters. The van der Waals surface area contributed by atoms with Crippen molar-refractivity contribution in [1.29, 1.82) is 0 Å². The summed E-state index contributed by atoms with van der Waals surface area (Å²) in [6, 6.07) is 15.8. The Morgan fingerprint density at radius 2 is 1.68 bits per heavy atom. The molecule has 0 saturated carbocycles. The van der Waals surface area contributed by atoms with Crippen LogP contribution in [-0.2, 0) is 6.42 Å². The van der Waals surface area contributed by atoms with Crippen LogP contribution in [0.1, 0.15) is 11.4 Å². The molecule has 0 fully saturated rings. The Kier molecular flexibility index (Phi) is 3.10. The predicted molar refractivity (Wildman–Crippen MR) is 95.1 cm³/mol. The van der Waals surface area contributed by atoms with Gasteiger partial charge in [-0.05, 0) is 35.9 Å². The molecule has 0 bridgehead atoms. The van der Waals surface area contributed by atoms with Crippen LogP contribution in [0.25, 0.3) is 33.8 Å². The van der Waals surface area contributed by atoms with Gasteiger partial charge in [-0.25, -0.2) is 4.98 Å². The van der Waals surface area contributed by atoms with Crippen molar-refractivity contribution in [2.45, 2.75) is 6.42 Å². The molecular weight excluding hydrogens is 314 g/mol. The monoisotopic (exact) mass is 329 g/mol. The molecule has 0 aliphatic rings. The van der Waals surface area contributed by atoms with Gasteiger partial charge in [-0.2, -0.15) is 0 Å². The van der Waals surface area contributed by atoms with E-state index in [1.54, 1.807) is 12.5 Å². The molecule has 4 heterocycles. The lowest BCUT2D eigenvalue weighted by Gasteiger charge is -1.96. The molecule has 0 atom stereocenters. The van der Waals surface area contributed by atoms with Crippen LogP contribution in [0.15, 0.2) is 76.1 Å².